The molecule has 4 aromatic rings. The molecule has 36 heavy (non-hydrogen) atoms. The van der Waals surface area contributed by atoms with Crippen LogP contribution in [0, 0.1) is 10.1 Å². The van der Waals surface area contributed by atoms with E-state index in [9.17, 15) is 19.7 Å². The van der Waals surface area contributed by atoms with E-state index in [2.05, 4.69) is 0 Å². The van der Waals surface area contributed by atoms with Gasteiger partial charge in [-0.1, -0.05) is 12.1 Å². The summed E-state index contributed by atoms with van der Waals surface area (Å²) in [4.78, 5) is 41.2. The Balaban J connectivity index is 1.36. The molecule has 6 rings (SSSR count). The summed E-state index contributed by atoms with van der Waals surface area (Å²) < 4.78 is 7.81. The molecule has 0 saturated heterocycles. The maximum atomic E-state index is 14.0. The van der Waals surface area contributed by atoms with Gasteiger partial charge in [0.2, 0.25) is 5.91 Å². The van der Waals surface area contributed by atoms with Gasteiger partial charge in [-0.25, -0.2) is 0 Å². The Morgan fingerprint density at radius 2 is 1.72 bits per heavy atom. The molecule has 3 heterocycles. The van der Waals surface area contributed by atoms with Crippen molar-refractivity contribution in [3.63, 3.8) is 0 Å². The Kier molecular flexibility index (Phi) is 5.18. The van der Waals surface area contributed by atoms with Gasteiger partial charge in [-0.3, -0.25) is 24.6 Å². The lowest BCUT2D eigenvalue weighted by atomic mass is 10.0. The minimum atomic E-state index is -0.505. The number of aromatic nitrogens is 1. The second-order valence-electron chi connectivity index (χ2n) is 8.94. The Labute approximate surface area is 206 Å². The zero-order chi connectivity index (χ0) is 24.8. The van der Waals surface area contributed by atoms with E-state index in [1.807, 2.05) is 53.2 Å². The number of hydrogen-bond donors (Lipinski definition) is 0. The molecule has 2 aromatic heterocycles. The fourth-order valence-corrected chi connectivity index (χ4v) is 4.84. The maximum Gasteiger partial charge on any atom is 0.269 e. The summed E-state index contributed by atoms with van der Waals surface area (Å²) in [6.45, 7) is -0.118. The summed E-state index contributed by atoms with van der Waals surface area (Å²) in [5, 5.41) is 11.0. The van der Waals surface area contributed by atoms with Crippen molar-refractivity contribution >= 4 is 23.2 Å². The second kappa shape index (κ2) is 8.53. The highest BCUT2D eigenvalue weighted by atomic mass is 16.6. The van der Waals surface area contributed by atoms with Crippen molar-refractivity contribution in [3.05, 3.63) is 112 Å². The van der Waals surface area contributed by atoms with Gasteiger partial charge in [0.15, 0.2) is 0 Å². The first-order valence-electron chi connectivity index (χ1n) is 11.7. The van der Waals surface area contributed by atoms with Gasteiger partial charge in [0.05, 0.1) is 28.3 Å². The quantitative estimate of drug-likeness (QED) is 0.292. The zero-order valence-corrected chi connectivity index (χ0v) is 19.2. The average Bonchev–Trinajstić information content (AvgIpc) is 3.37. The number of nitro groups is 1. The minimum absolute atomic E-state index is 0.0393. The maximum absolute atomic E-state index is 14.0. The van der Waals surface area contributed by atoms with Crippen LogP contribution in [0.25, 0.3) is 5.69 Å². The number of benzene rings is 2. The smallest absolute Gasteiger partial charge is 0.269 e. The zero-order valence-electron chi connectivity index (χ0n) is 19.2. The number of rotatable bonds is 6. The van der Waals surface area contributed by atoms with Crippen molar-refractivity contribution in [2.45, 2.75) is 24.9 Å². The molecule has 9 nitrogen and oxygen atoms in total. The van der Waals surface area contributed by atoms with Crippen LogP contribution in [0.2, 0.25) is 0 Å². The predicted molar refractivity (Wildman–Crippen MR) is 131 cm³/mol. The molecule has 1 aliphatic carbocycles. The van der Waals surface area contributed by atoms with Gasteiger partial charge in [0.1, 0.15) is 18.3 Å². The normalized spacial score (nSPS) is 16.2. The van der Waals surface area contributed by atoms with Crippen LogP contribution in [-0.4, -0.2) is 38.8 Å². The van der Waals surface area contributed by atoms with Crippen molar-refractivity contribution in [2.75, 3.05) is 11.4 Å². The highest BCUT2D eigenvalue weighted by Gasteiger charge is 2.41. The molecular weight excluding hydrogens is 460 g/mol. The molecule has 2 aromatic carbocycles. The van der Waals surface area contributed by atoms with Crippen molar-refractivity contribution in [1.82, 2.24) is 9.47 Å². The standard InChI is InChI=1S/C27H22N4O5/c32-25(17-29(19-13-14-19)27(33)18-9-11-20(12-10-18)31(34)35)30-22-6-2-1-5-21(22)28-15-3-7-23(28)26(30)24-8-4-16-36-24/h1-12,15-16,19,26H,13-14,17H2. The van der Waals surface area contributed by atoms with Crippen LogP contribution in [0.3, 0.4) is 0 Å². The molecule has 1 fully saturated rings. The van der Waals surface area contributed by atoms with Crippen LogP contribution in [0.15, 0.2) is 89.7 Å². The number of non-ortho nitro benzene ring substituents is 1. The van der Waals surface area contributed by atoms with Gasteiger partial charge in [-0.2, -0.15) is 0 Å². The molecule has 9 heteroatoms. The fourth-order valence-electron chi connectivity index (χ4n) is 4.84. The topological polar surface area (TPSA) is 102 Å². The molecule has 2 amide bonds. The van der Waals surface area contributed by atoms with Gasteiger partial charge < -0.3 is 13.9 Å². The molecule has 1 atom stereocenters. The summed E-state index contributed by atoms with van der Waals surface area (Å²) in [5.41, 5.74) is 2.71. The minimum Gasteiger partial charge on any atom is -0.467 e. The summed E-state index contributed by atoms with van der Waals surface area (Å²) in [7, 11) is 0. The van der Waals surface area contributed by atoms with Crippen molar-refractivity contribution in [3.8, 4) is 5.69 Å². The van der Waals surface area contributed by atoms with E-state index < -0.39 is 11.0 Å². The van der Waals surface area contributed by atoms with Crippen LogP contribution >= 0.6 is 0 Å². The number of carbonyl (C=O) groups is 2. The Morgan fingerprint density at radius 3 is 2.39 bits per heavy atom. The summed E-state index contributed by atoms with van der Waals surface area (Å²) in [6.07, 6.45) is 5.17. The van der Waals surface area contributed by atoms with Crippen LogP contribution < -0.4 is 4.90 Å². The highest BCUT2D eigenvalue weighted by Crippen LogP contribution is 2.42. The molecule has 1 aliphatic heterocycles. The molecule has 0 radical (unpaired) electrons. The van der Waals surface area contributed by atoms with Gasteiger partial charge in [0.25, 0.3) is 11.6 Å². The van der Waals surface area contributed by atoms with Crippen molar-refractivity contribution < 1.29 is 18.9 Å². The molecule has 0 spiro atoms. The summed E-state index contributed by atoms with van der Waals surface area (Å²) in [5.74, 6) is 0.0694. The van der Waals surface area contributed by atoms with Gasteiger partial charge in [0, 0.05) is 29.9 Å². The lowest BCUT2D eigenvalue weighted by Crippen LogP contribution is -2.47. The number of nitro benzene ring substituents is 1. The predicted octanol–water partition coefficient (Wildman–Crippen LogP) is 4.72. The van der Waals surface area contributed by atoms with E-state index in [1.54, 1.807) is 22.1 Å². The third-order valence-electron chi connectivity index (χ3n) is 6.68. The van der Waals surface area contributed by atoms with Gasteiger partial charge in [-0.05, 0) is 61.4 Å². The van der Waals surface area contributed by atoms with E-state index >= 15 is 0 Å². The number of anilines is 1. The van der Waals surface area contributed by atoms with E-state index in [-0.39, 0.29) is 30.1 Å². The van der Waals surface area contributed by atoms with Crippen LogP contribution in [0.5, 0.6) is 0 Å². The largest absolute Gasteiger partial charge is 0.467 e. The summed E-state index contributed by atoms with van der Waals surface area (Å²) >= 11 is 0. The number of amides is 2. The molecule has 0 N–H and O–H groups in total. The molecule has 1 unspecified atom stereocenters. The van der Waals surface area contributed by atoms with Crippen LogP contribution in [0.4, 0.5) is 11.4 Å². The Hall–Kier alpha value is -4.66. The van der Waals surface area contributed by atoms with E-state index in [4.69, 9.17) is 4.42 Å². The second-order valence-corrected chi connectivity index (χ2v) is 8.94. The number of para-hydroxylation sites is 2. The van der Waals surface area contributed by atoms with Gasteiger partial charge >= 0.3 is 0 Å². The summed E-state index contributed by atoms with van der Waals surface area (Å²) in [6, 6.07) is 20.2. The molecule has 180 valence electrons. The number of furan rings is 1. The fraction of sp³-hybridized carbons (Fsp3) is 0.185. The lowest BCUT2D eigenvalue weighted by molar-refractivity contribution is -0.384. The number of nitrogens with zero attached hydrogens (tertiary/aromatic N) is 4. The Morgan fingerprint density at radius 1 is 0.972 bits per heavy atom. The third-order valence-corrected chi connectivity index (χ3v) is 6.68. The highest BCUT2D eigenvalue weighted by molar-refractivity contribution is 6.02. The molecule has 2 aliphatic rings. The van der Waals surface area contributed by atoms with E-state index in [1.165, 1.54) is 24.3 Å². The van der Waals surface area contributed by atoms with E-state index in [0.717, 1.165) is 29.9 Å². The average molecular weight is 482 g/mol. The lowest BCUT2D eigenvalue weighted by Gasteiger charge is -2.38. The first-order chi connectivity index (χ1) is 17.5. The molecular formula is C27H22N4O5. The first-order valence-corrected chi connectivity index (χ1v) is 11.7. The third kappa shape index (κ3) is 3.65. The molecule has 0 bridgehead atoms. The number of carbonyl (C=O) groups excluding carboxylic acids is 2. The van der Waals surface area contributed by atoms with Crippen molar-refractivity contribution in [1.29, 1.82) is 0 Å². The van der Waals surface area contributed by atoms with E-state index in [0.29, 0.717) is 11.3 Å². The first kappa shape index (κ1) is 21.8. The number of hydrogen-bond acceptors (Lipinski definition) is 5. The number of fused-ring (bicyclic) bond motifs is 3. The molecule has 1 saturated carbocycles. The van der Waals surface area contributed by atoms with Crippen LogP contribution in [0.1, 0.15) is 40.7 Å². The Bertz CT molecular complexity index is 1450. The van der Waals surface area contributed by atoms with Gasteiger partial charge in [-0.15, -0.1) is 0 Å². The SMILES string of the molecule is O=C(c1ccc([N+](=O)[O-])cc1)N(CC(=O)N1c2ccccc2-n2cccc2C1c1ccco1)C1CC1. The monoisotopic (exact) mass is 482 g/mol. The van der Waals surface area contributed by atoms with Crippen LogP contribution in [-0.2, 0) is 4.79 Å². The van der Waals surface area contributed by atoms with Crippen molar-refractivity contribution in [2.24, 2.45) is 0 Å².